The van der Waals surface area contributed by atoms with Crippen LogP contribution < -0.4 is 5.73 Å². The summed E-state index contributed by atoms with van der Waals surface area (Å²) in [5, 5.41) is 8.65. The predicted octanol–water partition coefficient (Wildman–Crippen LogP) is 2.13. The summed E-state index contributed by atoms with van der Waals surface area (Å²) in [6.07, 6.45) is 1.56. The summed E-state index contributed by atoms with van der Waals surface area (Å²) >= 11 is 1.33. The molecule has 0 spiro atoms. The van der Waals surface area contributed by atoms with Crippen molar-refractivity contribution in [2.24, 2.45) is 5.73 Å². The number of nitrogens with two attached hydrogens (primary N) is 1. The number of hydrogen-bond acceptors (Lipinski definition) is 5. The number of aliphatic carboxylic acids is 1. The maximum atomic E-state index is 12.8. The molecule has 1 atom stereocenters. The average Bonchev–Trinajstić information content (AvgIpc) is 2.88. The van der Waals surface area contributed by atoms with Crippen LogP contribution in [0.1, 0.15) is 5.89 Å². The van der Waals surface area contributed by atoms with E-state index in [9.17, 15) is 9.18 Å². The molecule has 0 amide bonds. The molecule has 1 unspecified atom stereocenters. The van der Waals surface area contributed by atoms with Crippen LogP contribution in [0.25, 0.3) is 11.3 Å². The topological polar surface area (TPSA) is 89.4 Å². The maximum Gasteiger partial charge on any atom is 0.321 e. The van der Waals surface area contributed by atoms with E-state index in [4.69, 9.17) is 15.3 Å². The number of halogens is 1. The van der Waals surface area contributed by atoms with Crippen molar-refractivity contribution in [2.45, 2.75) is 11.8 Å². The maximum absolute atomic E-state index is 12.8. The molecule has 1 aromatic heterocycles. The molecule has 106 valence electrons. The van der Waals surface area contributed by atoms with E-state index < -0.39 is 12.0 Å². The molecule has 0 saturated carbocycles. The molecule has 1 heterocycles. The minimum absolute atomic E-state index is 0.281. The number of carboxylic acids is 1. The second kappa shape index (κ2) is 6.53. The summed E-state index contributed by atoms with van der Waals surface area (Å²) in [4.78, 5) is 14.6. The van der Waals surface area contributed by atoms with Crippen molar-refractivity contribution in [2.75, 3.05) is 5.75 Å². The Bertz CT molecular complexity index is 586. The van der Waals surface area contributed by atoms with Gasteiger partial charge in [0.1, 0.15) is 11.9 Å². The molecule has 1 aromatic carbocycles. The van der Waals surface area contributed by atoms with Gasteiger partial charge in [0.05, 0.1) is 11.9 Å². The molecule has 0 saturated heterocycles. The first-order valence-corrected chi connectivity index (χ1v) is 6.98. The first-order chi connectivity index (χ1) is 9.56. The second-order valence-corrected chi connectivity index (χ2v) is 5.12. The highest BCUT2D eigenvalue weighted by Gasteiger charge is 2.12. The largest absolute Gasteiger partial charge is 0.480 e. The summed E-state index contributed by atoms with van der Waals surface area (Å²) in [5.74, 6) is 0.393. The van der Waals surface area contributed by atoms with E-state index in [1.165, 1.54) is 23.9 Å². The molecule has 2 rings (SSSR count). The lowest BCUT2D eigenvalue weighted by molar-refractivity contribution is -0.137. The number of nitrogens with zero attached hydrogens (tertiary/aromatic N) is 1. The number of thioether (sulfide) groups is 1. The molecule has 20 heavy (non-hydrogen) atoms. The zero-order valence-electron chi connectivity index (χ0n) is 10.5. The quantitative estimate of drug-likeness (QED) is 0.848. The number of carbonyl (C=O) groups is 1. The van der Waals surface area contributed by atoms with Gasteiger partial charge in [0.15, 0.2) is 5.76 Å². The van der Waals surface area contributed by atoms with Gasteiger partial charge >= 0.3 is 5.97 Å². The monoisotopic (exact) mass is 296 g/mol. The Balaban J connectivity index is 1.92. The van der Waals surface area contributed by atoms with Gasteiger partial charge in [-0.05, 0) is 24.3 Å². The van der Waals surface area contributed by atoms with E-state index in [2.05, 4.69) is 4.98 Å². The summed E-state index contributed by atoms with van der Waals surface area (Å²) in [5.41, 5.74) is 6.12. The number of oxazole rings is 1. The van der Waals surface area contributed by atoms with Crippen LogP contribution in [0, 0.1) is 5.82 Å². The van der Waals surface area contributed by atoms with Crippen LogP contribution in [0.3, 0.4) is 0 Å². The third-order valence-corrected chi connectivity index (χ3v) is 3.57. The zero-order valence-corrected chi connectivity index (χ0v) is 11.3. The Morgan fingerprint density at radius 2 is 2.15 bits per heavy atom. The van der Waals surface area contributed by atoms with Crippen LogP contribution >= 0.6 is 11.8 Å². The fourth-order valence-corrected chi connectivity index (χ4v) is 2.29. The van der Waals surface area contributed by atoms with Crippen LogP contribution in [0.4, 0.5) is 4.39 Å². The van der Waals surface area contributed by atoms with Gasteiger partial charge in [-0.25, -0.2) is 9.37 Å². The highest BCUT2D eigenvalue weighted by atomic mass is 32.2. The molecule has 0 bridgehead atoms. The lowest BCUT2D eigenvalue weighted by atomic mass is 10.2. The average molecular weight is 296 g/mol. The molecule has 2 aromatic rings. The van der Waals surface area contributed by atoms with Crippen molar-refractivity contribution in [1.29, 1.82) is 0 Å². The highest BCUT2D eigenvalue weighted by Crippen LogP contribution is 2.22. The lowest BCUT2D eigenvalue weighted by Crippen LogP contribution is -2.32. The molecule has 3 N–H and O–H groups in total. The number of rotatable bonds is 6. The van der Waals surface area contributed by atoms with E-state index in [1.807, 2.05) is 0 Å². The van der Waals surface area contributed by atoms with Gasteiger partial charge in [0, 0.05) is 11.3 Å². The van der Waals surface area contributed by atoms with Crippen molar-refractivity contribution < 1.29 is 18.7 Å². The minimum atomic E-state index is -1.03. The van der Waals surface area contributed by atoms with Crippen molar-refractivity contribution in [3.63, 3.8) is 0 Å². The van der Waals surface area contributed by atoms with E-state index in [0.717, 1.165) is 5.56 Å². The molecule has 5 nitrogen and oxygen atoms in total. The Hall–Kier alpha value is -1.86. The van der Waals surface area contributed by atoms with Crippen LogP contribution in [-0.4, -0.2) is 27.9 Å². The van der Waals surface area contributed by atoms with Gasteiger partial charge in [-0.2, -0.15) is 0 Å². The molecular formula is C13H13FN2O3S. The van der Waals surface area contributed by atoms with E-state index >= 15 is 0 Å². The van der Waals surface area contributed by atoms with E-state index in [1.54, 1.807) is 18.3 Å². The molecule has 0 fully saturated rings. The molecule has 0 radical (unpaired) electrons. The molecule has 7 heteroatoms. The highest BCUT2D eigenvalue weighted by molar-refractivity contribution is 7.98. The van der Waals surface area contributed by atoms with Gasteiger partial charge in [-0.3, -0.25) is 4.79 Å². The van der Waals surface area contributed by atoms with Crippen LogP contribution in [0.5, 0.6) is 0 Å². The summed E-state index contributed by atoms with van der Waals surface area (Å²) in [6, 6.07) is 5.00. The first-order valence-electron chi connectivity index (χ1n) is 5.83. The number of hydrogen-bond donors (Lipinski definition) is 2. The van der Waals surface area contributed by atoms with Gasteiger partial charge in [0.2, 0.25) is 5.89 Å². The first kappa shape index (κ1) is 14.5. The van der Waals surface area contributed by atoms with Gasteiger partial charge in [-0.1, -0.05) is 0 Å². The van der Waals surface area contributed by atoms with E-state index in [0.29, 0.717) is 17.4 Å². The number of aromatic nitrogens is 1. The van der Waals surface area contributed by atoms with Crippen molar-refractivity contribution in [3.05, 3.63) is 42.2 Å². The van der Waals surface area contributed by atoms with E-state index in [-0.39, 0.29) is 11.6 Å². The minimum Gasteiger partial charge on any atom is -0.480 e. The number of carboxylic acid groups (broad SMARTS) is 1. The van der Waals surface area contributed by atoms with Gasteiger partial charge in [-0.15, -0.1) is 11.8 Å². The van der Waals surface area contributed by atoms with Crippen molar-refractivity contribution >= 4 is 17.7 Å². The Morgan fingerprint density at radius 3 is 2.80 bits per heavy atom. The fraction of sp³-hybridized carbons (Fsp3) is 0.231. The van der Waals surface area contributed by atoms with Gasteiger partial charge < -0.3 is 15.3 Å². The Morgan fingerprint density at radius 1 is 1.45 bits per heavy atom. The van der Waals surface area contributed by atoms with Crippen LogP contribution in [-0.2, 0) is 10.5 Å². The third kappa shape index (κ3) is 3.82. The molecule has 0 aliphatic rings. The molecule has 0 aliphatic heterocycles. The van der Waals surface area contributed by atoms with Crippen molar-refractivity contribution in [1.82, 2.24) is 4.98 Å². The summed E-state index contributed by atoms with van der Waals surface area (Å²) < 4.78 is 18.3. The fourth-order valence-electron chi connectivity index (χ4n) is 1.47. The summed E-state index contributed by atoms with van der Waals surface area (Å²) in [7, 11) is 0. The number of benzene rings is 1. The third-order valence-electron chi connectivity index (χ3n) is 2.52. The zero-order chi connectivity index (χ0) is 14.5. The van der Waals surface area contributed by atoms with Crippen LogP contribution in [0.2, 0.25) is 0 Å². The summed E-state index contributed by atoms with van der Waals surface area (Å²) in [6.45, 7) is 0. The molecular weight excluding hydrogens is 283 g/mol. The SMILES string of the molecule is NC(CSCc1ncc(-c2ccc(F)cc2)o1)C(=O)O. The molecule has 0 aliphatic carbocycles. The smallest absolute Gasteiger partial charge is 0.321 e. The Labute approximate surface area is 119 Å². The van der Waals surface area contributed by atoms with Gasteiger partial charge in [0.25, 0.3) is 0 Å². The normalized spacial score (nSPS) is 12.3. The Kier molecular flexibility index (Phi) is 4.75. The van der Waals surface area contributed by atoms with Crippen LogP contribution in [0.15, 0.2) is 34.9 Å². The standard InChI is InChI=1S/C13H13FN2O3S/c14-9-3-1-8(2-4-9)11-5-16-12(19-11)7-20-6-10(15)13(17)18/h1-5,10H,6-7,15H2,(H,17,18). The second-order valence-electron chi connectivity index (χ2n) is 4.09. The van der Waals surface area contributed by atoms with Crippen molar-refractivity contribution in [3.8, 4) is 11.3 Å². The lowest BCUT2D eigenvalue weighted by Gasteiger charge is -2.03. The predicted molar refractivity (Wildman–Crippen MR) is 73.7 cm³/mol.